The highest BCUT2D eigenvalue weighted by Gasteiger charge is 2.19. The van der Waals surface area contributed by atoms with E-state index in [4.69, 9.17) is 32.7 Å². The Balaban J connectivity index is 1.60. The summed E-state index contributed by atoms with van der Waals surface area (Å²) >= 11 is 12.1. The zero-order valence-electron chi connectivity index (χ0n) is 13.4. The van der Waals surface area contributed by atoms with Gasteiger partial charge in [0.2, 0.25) is 0 Å². The van der Waals surface area contributed by atoms with Crippen molar-refractivity contribution in [2.75, 3.05) is 59.6 Å². The molecule has 6 heteroatoms. The maximum atomic E-state index is 6.13. The van der Waals surface area contributed by atoms with Gasteiger partial charge >= 0.3 is 0 Å². The largest absolute Gasteiger partial charge is 0.489 e. The van der Waals surface area contributed by atoms with Crippen molar-refractivity contribution in [3.8, 4) is 5.75 Å². The van der Waals surface area contributed by atoms with Crippen LogP contribution in [0.25, 0.3) is 0 Å². The van der Waals surface area contributed by atoms with Crippen molar-refractivity contribution in [2.24, 2.45) is 0 Å². The molecule has 2 rings (SSSR count). The van der Waals surface area contributed by atoms with Crippen molar-refractivity contribution in [1.29, 1.82) is 0 Å². The molecule has 4 nitrogen and oxygen atoms in total. The summed E-state index contributed by atoms with van der Waals surface area (Å²) in [7, 11) is 2.26. The fraction of sp³-hybridized carbons (Fsp3) is 0.625. The van der Waals surface area contributed by atoms with Crippen LogP contribution in [-0.2, 0) is 4.74 Å². The number of hydrogen-bond acceptors (Lipinski definition) is 2. The third-order valence-electron chi connectivity index (χ3n) is 4.08. The number of halogens is 2. The molecule has 1 aliphatic rings. The minimum Gasteiger partial charge on any atom is -0.489 e. The van der Waals surface area contributed by atoms with Gasteiger partial charge < -0.3 is 19.3 Å². The lowest BCUT2D eigenvalue weighted by Crippen LogP contribution is -3.27. The van der Waals surface area contributed by atoms with E-state index in [1.807, 2.05) is 13.0 Å². The summed E-state index contributed by atoms with van der Waals surface area (Å²) in [6.07, 6.45) is 0. The molecule has 1 aromatic rings. The molecule has 0 aromatic heterocycles. The predicted octanol–water partition coefficient (Wildman–Crippen LogP) is 0.110. The quantitative estimate of drug-likeness (QED) is 0.684. The number of benzene rings is 1. The van der Waals surface area contributed by atoms with E-state index in [0.717, 1.165) is 18.7 Å². The molecule has 0 radical (unpaired) electrons. The molecule has 22 heavy (non-hydrogen) atoms. The van der Waals surface area contributed by atoms with Crippen LogP contribution in [0.15, 0.2) is 12.1 Å². The Morgan fingerprint density at radius 3 is 2.45 bits per heavy atom. The van der Waals surface area contributed by atoms with Crippen molar-refractivity contribution < 1.29 is 19.3 Å². The zero-order valence-corrected chi connectivity index (χ0v) is 14.9. The number of ether oxygens (including phenoxy) is 2. The number of quaternary nitrogens is 2. The van der Waals surface area contributed by atoms with Gasteiger partial charge in [-0.1, -0.05) is 23.2 Å². The van der Waals surface area contributed by atoms with E-state index in [9.17, 15) is 0 Å². The number of piperazine rings is 1. The highest BCUT2D eigenvalue weighted by Crippen LogP contribution is 2.31. The summed E-state index contributed by atoms with van der Waals surface area (Å²) in [6.45, 7) is 9.88. The predicted molar refractivity (Wildman–Crippen MR) is 89.7 cm³/mol. The molecule has 1 aliphatic heterocycles. The Morgan fingerprint density at radius 2 is 1.77 bits per heavy atom. The van der Waals surface area contributed by atoms with Crippen molar-refractivity contribution in [3.63, 3.8) is 0 Å². The minimum atomic E-state index is 0.504. The Bertz CT molecular complexity index is 454. The zero-order chi connectivity index (χ0) is 15.9. The molecular formula is C16H26Cl2N2O2+2. The average Bonchev–Trinajstić information content (AvgIpc) is 2.46. The second kappa shape index (κ2) is 8.94. The van der Waals surface area contributed by atoms with Gasteiger partial charge in [-0.3, -0.25) is 0 Å². The van der Waals surface area contributed by atoms with Crippen LogP contribution in [0, 0.1) is 6.92 Å². The lowest BCUT2D eigenvalue weighted by Gasteiger charge is -2.27. The van der Waals surface area contributed by atoms with E-state index in [1.54, 1.807) is 15.9 Å². The third kappa shape index (κ3) is 5.60. The topological polar surface area (TPSA) is 27.3 Å². The van der Waals surface area contributed by atoms with Crippen LogP contribution in [0.2, 0.25) is 10.0 Å². The summed E-state index contributed by atoms with van der Waals surface area (Å²) in [5.74, 6) is 0.697. The summed E-state index contributed by atoms with van der Waals surface area (Å²) in [4.78, 5) is 3.27. The monoisotopic (exact) mass is 348 g/mol. The Labute approximate surface area is 142 Å². The van der Waals surface area contributed by atoms with Crippen LogP contribution in [0.4, 0.5) is 0 Å². The number of likely N-dealkylation sites (N-methyl/N-ethyl adjacent to an activating group) is 1. The second-order valence-corrected chi connectivity index (χ2v) is 6.80. The van der Waals surface area contributed by atoms with Crippen LogP contribution < -0.4 is 14.5 Å². The first-order chi connectivity index (χ1) is 10.6. The van der Waals surface area contributed by atoms with Crippen LogP contribution >= 0.6 is 23.2 Å². The van der Waals surface area contributed by atoms with Crippen LogP contribution in [0.3, 0.4) is 0 Å². The molecule has 1 heterocycles. The van der Waals surface area contributed by atoms with Crippen molar-refractivity contribution in [3.05, 3.63) is 27.7 Å². The van der Waals surface area contributed by atoms with E-state index < -0.39 is 0 Å². The van der Waals surface area contributed by atoms with E-state index in [0.29, 0.717) is 29.0 Å². The smallest absolute Gasteiger partial charge is 0.141 e. The van der Waals surface area contributed by atoms with Gasteiger partial charge in [0.05, 0.1) is 25.3 Å². The summed E-state index contributed by atoms with van der Waals surface area (Å²) in [6, 6.07) is 3.55. The molecule has 1 saturated heterocycles. The van der Waals surface area contributed by atoms with Crippen LogP contribution in [0.1, 0.15) is 5.56 Å². The number of aryl methyl sites for hydroxylation is 1. The molecule has 0 bridgehead atoms. The maximum absolute atomic E-state index is 6.13. The molecule has 0 spiro atoms. The summed E-state index contributed by atoms with van der Waals surface area (Å²) in [5.41, 5.74) is 0.946. The minimum absolute atomic E-state index is 0.504. The van der Waals surface area contributed by atoms with E-state index >= 15 is 0 Å². The van der Waals surface area contributed by atoms with Gasteiger partial charge in [-0.15, -0.1) is 0 Å². The lowest BCUT2D eigenvalue weighted by atomic mass is 10.2. The molecule has 1 fully saturated rings. The second-order valence-electron chi connectivity index (χ2n) is 5.95. The summed E-state index contributed by atoms with van der Waals surface area (Å²) < 4.78 is 11.4. The fourth-order valence-corrected chi connectivity index (χ4v) is 3.32. The van der Waals surface area contributed by atoms with Gasteiger partial charge in [0.1, 0.15) is 45.1 Å². The van der Waals surface area contributed by atoms with Crippen molar-refractivity contribution in [1.82, 2.24) is 0 Å². The molecule has 0 aliphatic carbocycles. The van der Waals surface area contributed by atoms with Gasteiger partial charge in [0.25, 0.3) is 0 Å². The van der Waals surface area contributed by atoms with Crippen LogP contribution in [0.5, 0.6) is 5.75 Å². The first-order valence-corrected chi connectivity index (χ1v) is 8.63. The number of nitrogens with one attached hydrogen (secondary N) is 2. The molecular weight excluding hydrogens is 323 g/mol. The van der Waals surface area contributed by atoms with Crippen LogP contribution in [-0.4, -0.2) is 59.6 Å². The highest BCUT2D eigenvalue weighted by atomic mass is 35.5. The first-order valence-electron chi connectivity index (χ1n) is 7.87. The van der Waals surface area contributed by atoms with Gasteiger partial charge in [-0.25, -0.2) is 0 Å². The molecule has 124 valence electrons. The Morgan fingerprint density at radius 1 is 1.05 bits per heavy atom. The summed E-state index contributed by atoms with van der Waals surface area (Å²) in [5, 5.41) is 1.18. The molecule has 0 unspecified atom stereocenters. The molecule has 0 amide bonds. The molecule has 2 N–H and O–H groups in total. The van der Waals surface area contributed by atoms with Gasteiger partial charge in [0, 0.05) is 5.02 Å². The Hall–Kier alpha value is -0.520. The van der Waals surface area contributed by atoms with E-state index in [1.165, 1.54) is 26.2 Å². The highest BCUT2D eigenvalue weighted by molar-refractivity contribution is 6.35. The van der Waals surface area contributed by atoms with Gasteiger partial charge in [-0.2, -0.15) is 0 Å². The fourth-order valence-electron chi connectivity index (χ4n) is 2.67. The standard InChI is InChI=1S/C16H24Cl2N2O2/c1-13-11-14(17)12-15(18)16(13)22-10-9-21-8-7-20-5-3-19(2)4-6-20/h11-12H,3-10H2,1-2H3/p+2. The third-order valence-corrected chi connectivity index (χ3v) is 4.58. The molecule has 0 saturated carbocycles. The van der Waals surface area contributed by atoms with E-state index in [2.05, 4.69) is 7.05 Å². The first kappa shape index (κ1) is 17.8. The van der Waals surface area contributed by atoms with Crippen molar-refractivity contribution in [2.45, 2.75) is 6.92 Å². The molecule has 1 aromatic carbocycles. The van der Waals surface area contributed by atoms with Crippen molar-refractivity contribution >= 4 is 23.2 Å². The Kier molecular flexibility index (Phi) is 7.25. The average molecular weight is 349 g/mol. The number of hydrogen-bond donors (Lipinski definition) is 2. The number of rotatable bonds is 7. The SMILES string of the molecule is Cc1cc(Cl)cc(Cl)c1OCCOCC[NH+]1CC[NH+](C)CC1. The van der Waals surface area contributed by atoms with E-state index in [-0.39, 0.29) is 0 Å². The lowest BCUT2D eigenvalue weighted by molar-refractivity contribution is -1.00. The van der Waals surface area contributed by atoms with Gasteiger partial charge in [0.15, 0.2) is 0 Å². The van der Waals surface area contributed by atoms with Gasteiger partial charge in [-0.05, 0) is 24.6 Å². The molecule has 0 atom stereocenters. The normalized spacial score (nSPS) is 21.8. The maximum Gasteiger partial charge on any atom is 0.141 e.